The molecule has 1 aromatic heterocycles. The molecule has 2 bridgehead atoms. The number of alkyl halides is 2. The second-order valence-electron chi connectivity index (χ2n) is 7.33. The number of aromatic nitrogens is 1. The second-order valence-corrected chi connectivity index (χ2v) is 7.33. The lowest BCUT2D eigenvalue weighted by molar-refractivity contribution is -0.00342. The van der Waals surface area contributed by atoms with Gasteiger partial charge in [-0.1, -0.05) is 0 Å². The van der Waals surface area contributed by atoms with Gasteiger partial charge < -0.3 is 15.4 Å². The number of hydrogen-bond acceptors (Lipinski definition) is 3. The standard InChI is InChI=1S/C18H25F2N3O2/c1-13(19)12-25-15-10-14(2-9-21-15)11-22-16(24)23-18-6-3-17(20,4-7-18)5-8-18/h2,9-10,13H,3-8,11-12H2,1H3,(H2,22,23,24)/t13-,17?,18?/m1/s1. The third-order valence-electron chi connectivity index (χ3n) is 5.25. The van der Waals surface area contributed by atoms with Gasteiger partial charge in [0.25, 0.3) is 0 Å². The molecule has 7 heteroatoms. The van der Waals surface area contributed by atoms with E-state index in [0.29, 0.717) is 50.9 Å². The van der Waals surface area contributed by atoms with Crippen molar-refractivity contribution in [3.05, 3.63) is 23.9 Å². The highest BCUT2D eigenvalue weighted by molar-refractivity contribution is 5.74. The van der Waals surface area contributed by atoms with Crippen LogP contribution in [0.15, 0.2) is 18.3 Å². The Balaban J connectivity index is 1.48. The monoisotopic (exact) mass is 353 g/mol. The van der Waals surface area contributed by atoms with Crippen LogP contribution in [-0.4, -0.2) is 35.0 Å². The number of urea groups is 1. The van der Waals surface area contributed by atoms with Crippen LogP contribution >= 0.6 is 0 Å². The highest BCUT2D eigenvalue weighted by Crippen LogP contribution is 2.48. The number of ether oxygens (including phenoxy) is 1. The number of carbonyl (C=O) groups is 1. The molecule has 0 radical (unpaired) electrons. The molecule has 0 unspecified atom stereocenters. The molecular weight excluding hydrogens is 328 g/mol. The Morgan fingerprint density at radius 2 is 2.00 bits per heavy atom. The zero-order valence-corrected chi connectivity index (χ0v) is 14.5. The van der Waals surface area contributed by atoms with Gasteiger partial charge in [-0.15, -0.1) is 0 Å². The van der Waals surface area contributed by atoms with Crippen LogP contribution in [0.25, 0.3) is 0 Å². The van der Waals surface area contributed by atoms with E-state index >= 15 is 0 Å². The summed E-state index contributed by atoms with van der Waals surface area (Å²) in [5.41, 5.74) is -0.453. The summed E-state index contributed by atoms with van der Waals surface area (Å²) in [6.07, 6.45) is 4.20. The molecule has 5 nitrogen and oxygen atoms in total. The van der Waals surface area contributed by atoms with Crippen molar-refractivity contribution in [2.24, 2.45) is 0 Å². The second kappa shape index (κ2) is 7.14. The molecule has 2 N–H and O–H groups in total. The molecule has 1 aromatic rings. The van der Waals surface area contributed by atoms with Gasteiger partial charge in [-0.2, -0.15) is 0 Å². The van der Waals surface area contributed by atoms with Gasteiger partial charge in [-0.3, -0.25) is 0 Å². The quantitative estimate of drug-likeness (QED) is 0.824. The van der Waals surface area contributed by atoms with E-state index in [0.717, 1.165) is 5.56 Å². The van der Waals surface area contributed by atoms with Crippen LogP contribution in [-0.2, 0) is 6.54 Å². The number of pyridine rings is 1. The van der Waals surface area contributed by atoms with Gasteiger partial charge in [0.2, 0.25) is 5.88 Å². The minimum atomic E-state index is -1.07. The van der Waals surface area contributed by atoms with Crippen LogP contribution in [0.1, 0.15) is 51.0 Å². The van der Waals surface area contributed by atoms with E-state index in [2.05, 4.69) is 15.6 Å². The number of rotatable bonds is 6. The number of nitrogens with one attached hydrogen (secondary N) is 2. The SMILES string of the molecule is C[C@@H](F)COc1cc(CNC(=O)NC23CCC(F)(CC2)CC3)ccn1. The fraction of sp³-hybridized carbons (Fsp3) is 0.667. The summed E-state index contributed by atoms with van der Waals surface area (Å²) in [5.74, 6) is 0.335. The zero-order chi connectivity index (χ0) is 17.9. The maximum Gasteiger partial charge on any atom is 0.315 e. The molecule has 138 valence electrons. The number of carbonyl (C=O) groups excluding carboxylic acids is 1. The molecule has 3 aliphatic rings. The van der Waals surface area contributed by atoms with Crippen LogP contribution < -0.4 is 15.4 Å². The van der Waals surface area contributed by atoms with Crippen LogP contribution in [0.4, 0.5) is 13.6 Å². The molecular formula is C18H25F2N3O2. The van der Waals surface area contributed by atoms with E-state index in [9.17, 15) is 13.6 Å². The maximum absolute atomic E-state index is 14.2. The fourth-order valence-corrected chi connectivity index (χ4v) is 3.63. The van der Waals surface area contributed by atoms with Crippen LogP contribution in [0.5, 0.6) is 5.88 Å². The smallest absolute Gasteiger partial charge is 0.315 e. The van der Waals surface area contributed by atoms with Crippen LogP contribution in [0.3, 0.4) is 0 Å². The Morgan fingerprint density at radius 3 is 2.64 bits per heavy atom. The summed E-state index contributed by atoms with van der Waals surface area (Å²) in [7, 11) is 0. The van der Waals surface area contributed by atoms with E-state index in [4.69, 9.17) is 4.74 Å². The highest BCUT2D eigenvalue weighted by atomic mass is 19.1. The first-order chi connectivity index (χ1) is 11.9. The lowest BCUT2D eigenvalue weighted by atomic mass is 9.64. The molecule has 3 saturated carbocycles. The molecule has 0 saturated heterocycles. The average Bonchev–Trinajstić information content (AvgIpc) is 2.60. The molecule has 0 spiro atoms. The largest absolute Gasteiger partial charge is 0.475 e. The average molecular weight is 353 g/mol. The Labute approximate surface area is 146 Å². The molecule has 25 heavy (non-hydrogen) atoms. The van der Waals surface area contributed by atoms with Crippen molar-refractivity contribution in [3.63, 3.8) is 0 Å². The van der Waals surface area contributed by atoms with Crippen molar-refractivity contribution >= 4 is 6.03 Å². The van der Waals surface area contributed by atoms with Crippen molar-refractivity contribution < 1.29 is 18.3 Å². The minimum absolute atomic E-state index is 0.0526. The molecule has 3 aliphatic carbocycles. The van der Waals surface area contributed by atoms with Crippen molar-refractivity contribution in [1.82, 2.24) is 15.6 Å². The Kier molecular flexibility index (Phi) is 5.11. The van der Waals surface area contributed by atoms with Crippen molar-refractivity contribution in [1.29, 1.82) is 0 Å². The summed E-state index contributed by atoms with van der Waals surface area (Å²) in [5, 5.41) is 5.87. The first-order valence-electron chi connectivity index (χ1n) is 8.85. The summed E-state index contributed by atoms with van der Waals surface area (Å²) in [6.45, 7) is 1.68. The van der Waals surface area contributed by atoms with Crippen LogP contribution in [0, 0.1) is 0 Å². The van der Waals surface area contributed by atoms with Gasteiger partial charge in [-0.25, -0.2) is 18.6 Å². The number of amides is 2. The van der Waals surface area contributed by atoms with Crippen molar-refractivity contribution in [3.8, 4) is 5.88 Å². The molecule has 1 heterocycles. The van der Waals surface area contributed by atoms with Gasteiger partial charge in [-0.05, 0) is 57.1 Å². The molecule has 0 aliphatic heterocycles. The molecule has 0 aromatic carbocycles. The third kappa shape index (κ3) is 4.58. The predicted octanol–water partition coefficient (Wildman–Crippen LogP) is 3.43. The number of fused-ring (bicyclic) bond motifs is 3. The Hall–Kier alpha value is -1.92. The lowest BCUT2D eigenvalue weighted by Crippen LogP contribution is -2.59. The molecule has 3 fully saturated rings. The van der Waals surface area contributed by atoms with Gasteiger partial charge >= 0.3 is 6.03 Å². The van der Waals surface area contributed by atoms with Gasteiger partial charge in [0.05, 0.1) is 0 Å². The van der Waals surface area contributed by atoms with E-state index in [-0.39, 0.29) is 18.2 Å². The van der Waals surface area contributed by atoms with E-state index in [1.807, 2.05) is 0 Å². The maximum atomic E-state index is 14.2. The summed E-state index contributed by atoms with van der Waals surface area (Å²) < 4.78 is 32.3. The Bertz CT molecular complexity index is 600. The van der Waals surface area contributed by atoms with Gasteiger partial charge in [0.1, 0.15) is 18.4 Å². The lowest BCUT2D eigenvalue weighted by Gasteiger charge is -2.49. The van der Waals surface area contributed by atoms with E-state index < -0.39 is 11.8 Å². The Morgan fingerprint density at radius 1 is 1.32 bits per heavy atom. The van der Waals surface area contributed by atoms with Crippen molar-refractivity contribution in [2.45, 2.75) is 69.4 Å². The fourth-order valence-electron chi connectivity index (χ4n) is 3.63. The first kappa shape index (κ1) is 17.9. The summed E-state index contributed by atoms with van der Waals surface area (Å²) >= 11 is 0. The molecule has 4 rings (SSSR count). The van der Waals surface area contributed by atoms with Gasteiger partial charge in [0, 0.05) is 24.3 Å². The normalized spacial score (nSPS) is 29.1. The molecule has 2 amide bonds. The zero-order valence-electron chi connectivity index (χ0n) is 14.5. The van der Waals surface area contributed by atoms with Crippen molar-refractivity contribution in [2.75, 3.05) is 6.61 Å². The minimum Gasteiger partial charge on any atom is -0.475 e. The number of hydrogen-bond donors (Lipinski definition) is 2. The van der Waals surface area contributed by atoms with E-state index in [1.54, 1.807) is 18.3 Å². The molecule has 1 atom stereocenters. The van der Waals surface area contributed by atoms with Gasteiger partial charge in [0.15, 0.2) is 0 Å². The topological polar surface area (TPSA) is 63.2 Å². The van der Waals surface area contributed by atoms with E-state index in [1.165, 1.54) is 6.92 Å². The van der Waals surface area contributed by atoms with Crippen LogP contribution in [0.2, 0.25) is 0 Å². The third-order valence-corrected chi connectivity index (χ3v) is 5.25. The summed E-state index contributed by atoms with van der Waals surface area (Å²) in [4.78, 5) is 16.2. The first-order valence-corrected chi connectivity index (χ1v) is 8.85. The number of halogens is 2. The summed E-state index contributed by atoms with van der Waals surface area (Å²) in [6, 6.07) is 3.20. The number of nitrogens with zero attached hydrogens (tertiary/aromatic N) is 1. The predicted molar refractivity (Wildman–Crippen MR) is 89.9 cm³/mol. The highest BCUT2D eigenvalue weighted by Gasteiger charge is 2.49.